The molecule has 0 spiro atoms. The molecule has 2 aromatic heterocycles. The van der Waals surface area contributed by atoms with Crippen molar-refractivity contribution in [1.82, 2.24) is 9.55 Å². The van der Waals surface area contributed by atoms with Crippen LogP contribution in [0.4, 0.5) is 5.69 Å². The molecule has 5 nitrogen and oxygen atoms in total. The first-order valence-electron chi connectivity index (χ1n) is 7.07. The van der Waals surface area contributed by atoms with Crippen molar-refractivity contribution in [2.45, 2.75) is 18.6 Å². The van der Waals surface area contributed by atoms with Gasteiger partial charge in [0.1, 0.15) is 11.2 Å². The Hall–Kier alpha value is -1.83. The van der Waals surface area contributed by atoms with Crippen molar-refractivity contribution in [3.05, 3.63) is 50.6 Å². The second-order valence-electron chi connectivity index (χ2n) is 5.16. The number of rotatable bonds is 4. The Morgan fingerprint density at radius 2 is 2.21 bits per heavy atom. The normalized spacial score (nSPS) is 11.0. The molecule has 0 aliphatic rings. The molecule has 0 fully saturated rings. The molecule has 8 heteroatoms. The highest BCUT2D eigenvalue weighted by Crippen LogP contribution is 2.23. The lowest BCUT2D eigenvalue weighted by atomic mass is 10.2. The van der Waals surface area contributed by atoms with Gasteiger partial charge in [-0.3, -0.25) is 14.2 Å². The van der Waals surface area contributed by atoms with E-state index in [-0.39, 0.29) is 18.0 Å². The van der Waals surface area contributed by atoms with Crippen molar-refractivity contribution in [1.29, 1.82) is 0 Å². The number of anilines is 1. The summed E-state index contributed by atoms with van der Waals surface area (Å²) in [6.07, 6.45) is 1.82. The van der Waals surface area contributed by atoms with Gasteiger partial charge in [-0.1, -0.05) is 29.4 Å². The van der Waals surface area contributed by atoms with E-state index in [2.05, 4.69) is 10.3 Å². The summed E-state index contributed by atoms with van der Waals surface area (Å²) in [4.78, 5) is 29.4. The molecule has 24 heavy (non-hydrogen) atoms. The van der Waals surface area contributed by atoms with Gasteiger partial charge in [-0.05, 0) is 42.3 Å². The number of carbonyl (C=O) groups excluding carboxylic acids is 1. The molecule has 2 heterocycles. The first kappa shape index (κ1) is 17.0. The van der Waals surface area contributed by atoms with E-state index in [1.165, 1.54) is 27.7 Å². The fraction of sp³-hybridized carbons (Fsp3) is 0.188. The zero-order valence-corrected chi connectivity index (χ0v) is 15.4. The largest absolute Gasteiger partial charge is 0.323 e. The van der Waals surface area contributed by atoms with Crippen LogP contribution in [-0.4, -0.2) is 21.7 Å². The van der Waals surface area contributed by atoms with Gasteiger partial charge >= 0.3 is 0 Å². The van der Waals surface area contributed by atoms with Crippen LogP contribution in [0.2, 0.25) is 5.02 Å². The minimum atomic E-state index is -0.323. The lowest BCUT2D eigenvalue weighted by Gasteiger charge is -2.12. The molecule has 0 unspecified atom stereocenters. The summed E-state index contributed by atoms with van der Waals surface area (Å²) in [6.45, 7) is 1.81. The summed E-state index contributed by atoms with van der Waals surface area (Å²) < 4.78 is 1.94. The van der Waals surface area contributed by atoms with E-state index in [1.54, 1.807) is 18.2 Å². The Balaban J connectivity index is 1.90. The number of aromatic nitrogens is 2. The highest BCUT2D eigenvalue weighted by Gasteiger charge is 2.15. The first-order valence-corrected chi connectivity index (χ1v) is 9.56. The van der Waals surface area contributed by atoms with E-state index in [9.17, 15) is 9.59 Å². The molecule has 0 aliphatic heterocycles. The molecule has 0 saturated carbocycles. The average molecular weight is 380 g/mol. The minimum Gasteiger partial charge on any atom is -0.323 e. The van der Waals surface area contributed by atoms with Crippen LogP contribution >= 0.6 is 34.7 Å². The molecule has 3 aromatic rings. The van der Waals surface area contributed by atoms with Crippen molar-refractivity contribution in [3.63, 3.8) is 0 Å². The van der Waals surface area contributed by atoms with Crippen LogP contribution in [0.25, 0.3) is 10.2 Å². The number of thioether (sulfide) groups is 1. The Bertz CT molecular complexity index is 981. The zero-order valence-electron chi connectivity index (χ0n) is 13.0. The van der Waals surface area contributed by atoms with Crippen LogP contribution in [-0.2, 0) is 11.3 Å². The third-order valence-electron chi connectivity index (χ3n) is 3.41. The van der Waals surface area contributed by atoms with Gasteiger partial charge in [0, 0.05) is 0 Å². The standard InChI is InChI=1S/C16H14ClN3O2S2/c1-9-3-4-11(10(17)7-9)18-13(21)8-20-15(22)14-12(5-6-24-14)19-16(20)23-2/h3-7H,8H2,1-2H3,(H,18,21). The highest BCUT2D eigenvalue weighted by atomic mass is 35.5. The number of fused-ring (bicyclic) bond motifs is 1. The van der Waals surface area contributed by atoms with E-state index >= 15 is 0 Å². The lowest BCUT2D eigenvalue weighted by molar-refractivity contribution is -0.116. The van der Waals surface area contributed by atoms with Gasteiger partial charge in [-0.25, -0.2) is 4.98 Å². The Labute approximate surface area is 151 Å². The molecule has 1 amide bonds. The van der Waals surface area contributed by atoms with Crippen molar-refractivity contribution >= 4 is 56.5 Å². The Kier molecular flexibility index (Phi) is 4.93. The van der Waals surface area contributed by atoms with Gasteiger partial charge in [0.05, 0.1) is 16.2 Å². The number of nitrogens with one attached hydrogen (secondary N) is 1. The predicted molar refractivity (Wildman–Crippen MR) is 100 cm³/mol. The average Bonchev–Trinajstić information content (AvgIpc) is 3.01. The Morgan fingerprint density at radius 1 is 1.42 bits per heavy atom. The van der Waals surface area contributed by atoms with Gasteiger partial charge < -0.3 is 5.32 Å². The smallest absolute Gasteiger partial charge is 0.272 e. The number of nitrogens with zero attached hydrogens (tertiary/aromatic N) is 2. The predicted octanol–water partition coefficient (Wildman–Crippen LogP) is 3.78. The van der Waals surface area contributed by atoms with E-state index in [4.69, 9.17) is 11.6 Å². The third-order valence-corrected chi connectivity index (χ3v) is 5.29. The molecule has 0 saturated heterocycles. The van der Waals surface area contributed by atoms with Crippen LogP contribution in [0.5, 0.6) is 0 Å². The topological polar surface area (TPSA) is 64.0 Å². The third kappa shape index (κ3) is 3.33. The fourth-order valence-electron chi connectivity index (χ4n) is 2.27. The van der Waals surface area contributed by atoms with Crippen LogP contribution in [0.1, 0.15) is 5.56 Å². The summed E-state index contributed by atoms with van der Waals surface area (Å²) in [5, 5.41) is 5.54. The van der Waals surface area contributed by atoms with Crippen LogP contribution in [0.15, 0.2) is 39.6 Å². The van der Waals surface area contributed by atoms with Crippen molar-refractivity contribution in [3.8, 4) is 0 Å². The maximum absolute atomic E-state index is 12.6. The zero-order chi connectivity index (χ0) is 17.3. The summed E-state index contributed by atoms with van der Waals surface area (Å²) in [7, 11) is 0. The monoisotopic (exact) mass is 379 g/mol. The van der Waals surface area contributed by atoms with Crippen molar-refractivity contribution in [2.75, 3.05) is 11.6 Å². The van der Waals surface area contributed by atoms with E-state index < -0.39 is 0 Å². The summed E-state index contributed by atoms with van der Waals surface area (Å²) in [5.74, 6) is -0.323. The fourth-order valence-corrected chi connectivity index (χ4v) is 3.89. The van der Waals surface area contributed by atoms with E-state index in [0.29, 0.717) is 26.1 Å². The second kappa shape index (κ2) is 6.96. The number of hydrogen-bond acceptors (Lipinski definition) is 5. The number of carbonyl (C=O) groups is 1. The van der Waals surface area contributed by atoms with Crippen molar-refractivity contribution in [2.24, 2.45) is 0 Å². The molecule has 0 radical (unpaired) electrons. The number of hydrogen-bond donors (Lipinski definition) is 1. The molecule has 0 aliphatic carbocycles. The lowest BCUT2D eigenvalue weighted by Crippen LogP contribution is -2.29. The summed E-state index contributed by atoms with van der Waals surface area (Å²) in [6, 6.07) is 7.18. The molecular formula is C16H14ClN3O2S2. The van der Waals surface area contributed by atoms with Crippen LogP contribution in [0, 0.1) is 6.92 Å². The highest BCUT2D eigenvalue weighted by molar-refractivity contribution is 7.98. The number of amides is 1. The van der Waals surface area contributed by atoms with Crippen LogP contribution < -0.4 is 10.9 Å². The molecule has 3 rings (SSSR count). The van der Waals surface area contributed by atoms with Gasteiger partial charge in [0.25, 0.3) is 5.56 Å². The maximum Gasteiger partial charge on any atom is 0.272 e. The molecular weight excluding hydrogens is 366 g/mol. The van der Waals surface area contributed by atoms with Gasteiger partial charge in [-0.15, -0.1) is 11.3 Å². The quantitative estimate of drug-likeness (QED) is 0.553. The SMILES string of the molecule is CSc1nc2ccsc2c(=O)n1CC(=O)Nc1ccc(C)cc1Cl. The maximum atomic E-state index is 12.6. The summed E-state index contributed by atoms with van der Waals surface area (Å²) in [5.41, 5.74) is 1.99. The van der Waals surface area contributed by atoms with Gasteiger partial charge in [0.2, 0.25) is 5.91 Å². The number of thiophene rings is 1. The molecule has 1 aromatic carbocycles. The molecule has 0 atom stereocenters. The van der Waals surface area contributed by atoms with Crippen molar-refractivity contribution < 1.29 is 4.79 Å². The minimum absolute atomic E-state index is 0.111. The molecule has 124 valence electrons. The van der Waals surface area contributed by atoms with Gasteiger partial charge in [-0.2, -0.15) is 0 Å². The van der Waals surface area contributed by atoms with E-state index in [0.717, 1.165) is 5.56 Å². The number of aryl methyl sites for hydroxylation is 1. The number of halogens is 1. The number of benzene rings is 1. The van der Waals surface area contributed by atoms with E-state index in [1.807, 2.05) is 24.6 Å². The first-order chi connectivity index (χ1) is 11.5. The molecule has 1 N–H and O–H groups in total. The second-order valence-corrected chi connectivity index (χ2v) is 7.25. The van der Waals surface area contributed by atoms with Crippen LogP contribution in [0.3, 0.4) is 0 Å². The van der Waals surface area contributed by atoms with Gasteiger partial charge in [0.15, 0.2) is 5.16 Å². The summed E-state index contributed by atoms with van der Waals surface area (Å²) >= 11 is 8.79. The molecule has 0 bridgehead atoms. The Morgan fingerprint density at radius 3 is 2.92 bits per heavy atom.